The molecule has 0 atom stereocenters. The Balaban J connectivity index is 1.50. The second-order valence-corrected chi connectivity index (χ2v) is 9.29. The third-order valence-electron chi connectivity index (χ3n) is 6.45. The molecule has 156 valence electrons. The Morgan fingerprint density at radius 3 is 1.88 bits per heavy atom. The number of nitrogens with zero attached hydrogens (tertiary/aromatic N) is 1. The number of furan rings is 1. The van der Waals surface area contributed by atoms with Gasteiger partial charge in [-0.25, -0.2) is 0 Å². The van der Waals surface area contributed by atoms with Gasteiger partial charge in [0.2, 0.25) is 0 Å². The average molecular weight is 488 g/mol. The van der Waals surface area contributed by atoms with Gasteiger partial charge in [0.1, 0.15) is 11.2 Å². The summed E-state index contributed by atoms with van der Waals surface area (Å²) < 4.78 is 9.62. The van der Waals surface area contributed by atoms with Gasteiger partial charge in [0, 0.05) is 31.7 Å². The predicted octanol–water partition coefficient (Wildman–Crippen LogP) is 9.11. The van der Waals surface area contributed by atoms with Gasteiger partial charge in [-0.05, 0) is 65.7 Å². The molecule has 0 aliphatic rings. The SMILES string of the molecule is Brc1cccc(-c2ccc3oc4ccc(-n5c6ccccc6c6ccccc65)cc4c3c2)c1. The van der Waals surface area contributed by atoms with Crippen LogP contribution in [0.4, 0.5) is 0 Å². The summed E-state index contributed by atoms with van der Waals surface area (Å²) in [6.07, 6.45) is 0. The summed E-state index contributed by atoms with van der Waals surface area (Å²) >= 11 is 3.59. The predicted molar refractivity (Wildman–Crippen MR) is 141 cm³/mol. The van der Waals surface area contributed by atoms with Crippen molar-refractivity contribution in [1.82, 2.24) is 4.57 Å². The molecular formula is C30H18BrNO. The first-order valence-corrected chi connectivity index (χ1v) is 11.8. The Kier molecular flexibility index (Phi) is 4.02. The van der Waals surface area contributed by atoms with Gasteiger partial charge in [0.05, 0.1) is 11.0 Å². The third kappa shape index (κ3) is 2.86. The molecule has 0 aliphatic heterocycles. The Morgan fingerprint density at radius 1 is 0.515 bits per heavy atom. The quantitative estimate of drug-likeness (QED) is 0.237. The number of halogens is 1. The number of benzene rings is 5. The maximum atomic E-state index is 6.20. The lowest BCUT2D eigenvalue weighted by Crippen LogP contribution is -1.93. The van der Waals surface area contributed by atoms with Crippen LogP contribution in [0.3, 0.4) is 0 Å². The second-order valence-electron chi connectivity index (χ2n) is 8.37. The summed E-state index contributed by atoms with van der Waals surface area (Å²) in [5.74, 6) is 0. The number of aromatic nitrogens is 1. The van der Waals surface area contributed by atoms with E-state index in [0.29, 0.717) is 0 Å². The molecule has 0 amide bonds. The normalized spacial score (nSPS) is 11.8. The van der Waals surface area contributed by atoms with Gasteiger partial charge in [0.15, 0.2) is 0 Å². The number of fused-ring (bicyclic) bond motifs is 6. The van der Waals surface area contributed by atoms with E-state index in [4.69, 9.17) is 4.42 Å². The van der Waals surface area contributed by atoms with Gasteiger partial charge < -0.3 is 8.98 Å². The van der Waals surface area contributed by atoms with Crippen LogP contribution in [0.25, 0.3) is 60.6 Å². The fourth-order valence-corrected chi connectivity index (χ4v) is 5.35. The largest absolute Gasteiger partial charge is 0.456 e. The maximum absolute atomic E-state index is 6.20. The molecular weight excluding hydrogens is 470 g/mol. The molecule has 7 aromatic rings. The molecule has 0 N–H and O–H groups in total. The van der Waals surface area contributed by atoms with E-state index in [9.17, 15) is 0 Å². The van der Waals surface area contributed by atoms with Crippen molar-refractivity contribution in [1.29, 1.82) is 0 Å². The van der Waals surface area contributed by atoms with E-state index < -0.39 is 0 Å². The van der Waals surface area contributed by atoms with Crippen molar-refractivity contribution < 1.29 is 4.42 Å². The van der Waals surface area contributed by atoms with E-state index in [1.807, 2.05) is 6.07 Å². The molecule has 0 saturated heterocycles. The first-order chi connectivity index (χ1) is 16.3. The minimum absolute atomic E-state index is 0.904. The zero-order valence-corrected chi connectivity index (χ0v) is 19.2. The summed E-state index contributed by atoms with van der Waals surface area (Å²) in [5.41, 5.74) is 7.72. The highest BCUT2D eigenvalue weighted by Crippen LogP contribution is 2.36. The number of hydrogen-bond donors (Lipinski definition) is 0. The summed E-state index contributed by atoms with van der Waals surface area (Å²) in [4.78, 5) is 0. The summed E-state index contributed by atoms with van der Waals surface area (Å²) in [5, 5.41) is 4.79. The molecule has 0 saturated carbocycles. The third-order valence-corrected chi connectivity index (χ3v) is 6.94. The zero-order chi connectivity index (χ0) is 21.9. The van der Waals surface area contributed by atoms with Crippen molar-refractivity contribution in [3.05, 3.63) is 114 Å². The molecule has 2 heterocycles. The van der Waals surface area contributed by atoms with Crippen molar-refractivity contribution in [3.8, 4) is 16.8 Å². The lowest BCUT2D eigenvalue weighted by atomic mass is 10.0. The van der Waals surface area contributed by atoms with Gasteiger partial charge in [0.25, 0.3) is 0 Å². The molecule has 3 heteroatoms. The number of hydrogen-bond acceptors (Lipinski definition) is 1. The fraction of sp³-hybridized carbons (Fsp3) is 0. The Bertz CT molecular complexity index is 1790. The highest BCUT2D eigenvalue weighted by molar-refractivity contribution is 9.10. The van der Waals surface area contributed by atoms with Crippen molar-refractivity contribution in [2.24, 2.45) is 0 Å². The molecule has 2 aromatic heterocycles. The molecule has 0 aliphatic carbocycles. The Labute approximate surface area is 198 Å². The monoisotopic (exact) mass is 487 g/mol. The lowest BCUT2D eigenvalue weighted by Gasteiger charge is -2.08. The van der Waals surface area contributed by atoms with Gasteiger partial charge in [-0.2, -0.15) is 0 Å². The average Bonchev–Trinajstić information content (AvgIpc) is 3.39. The number of rotatable bonds is 2. The van der Waals surface area contributed by atoms with Crippen LogP contribution in [0.2, 0.25) is 0 Å². The van der Waals surface area contributed by atoms with Crippen molar-refractivity contribution >= 4 is 59.7 Å². The summed E-state index contributed by atoms with van der Waals surface area (Å²) in [6, 6.07) is 38.5. The molecule has 0 unspecified atom stereocenters. The zero-order valence-electron chi connectivity index (χ0n) is 17.6. The smallest absolute Gasteiger partial charge is 0.135 e. The van der Waals surface area contributed by atoms with E-state index in [-0.39, 0.29) is 0 Å². The van der Waals surface area contributed by atoms with Crippen LogP contribution in [0, 0.1) is 0 Å². The van der Waals surface area contributed by atoms with Gasteiger partial charge >= 0.3 is 0 Å². The van der Waals surface area contributed by atoms with E-state index in [1.165, 1.54) is 32.9 Å². The standard InChI is InChI=1S/C30H18BrNO/c31-21-7-5-6-19(16-21)20-12-14-29-25(17-20)26-18-22(13-15-30(26)33-29)32-27-10-3-1-8-23(27)24-9-2-4-11-28(24)32/h1-18H. The van der Waals surface area contributed by atoms with E-state index in [2.05, 4.69) is 124 Å². The van der Waals surface area contributed by atoms with Crippen molar-refractivity contribution in [2.75, 3.05) is 0 Å². The van der Waals surface area contributed by atoms with E-state index in [0.717, 1.165) is 32.1 Å². The topological polar surface area (TPSA) is 18.1 Å². The van der Waals surface area contributed by atoms with Gasteiger partial charge in [-0.15, -0.1) is 0 Å². The Morgan fingerprint density at radius 2 is 1.15 bits per heavy atom. The van der Waals surface area contributed by atoms with Crippen LogP contribution in [-0.2, 0) is 0 Å². The summed E-state index contributed by atoms with van der Waals surface area (Å²) in [6.45, 7) is 0. The molecule has 0 radical (unpaired) electrons. The minimum atomic E-state index is 0.904. The molecule has 33 heavy (non-hydrogen) atoms. The molecule has 0 fully saturated rings. The fourth-order valence-electron chi connectivity index (χ4n) is 4.95. The first kappa shape index (κ1) is 18.7. The van der Waals surface area contributed by atoms with Crippen LogP contribution < -0.4 is 0 Å². The highest BCUT2D eigenvalue weighted by Gasteiger charge is 2.14. The van der Waals surface area contributed by atoms with Gasteiger partial charge in [-0.1, -0.05) is 70.5 Å². The number of para-hydroxylation sites is 2. The van der Waals surface area contributed by atoms with Crippen LogP contribution in [0.15, 0.2) is 118 Å². The molecule has 2 nitrogen and oxygen atoms in total. The van der Waals surface area contributed by atoms with Gasteiger partial charge in [-0.3, -0.25) is 0 Å². The van der Waals surface area contributed by atoms with Crippen LogP contribution in [0.5, 0.6) is 0 Å². The van der Waals surface area contributed by atoms with E-state index >= 15 is 0 Å². The first-order valence-electron chi connectivity index (χ1n) is 11.0. The van der Waals surface area contributed by atoms with Crippen molar-refractivity contribution in [3.63, 3.8) is 0 Å². The van der Waals surface area contributed by atoms with Crippen LogP contribution in [-0.4, -0.2) is 4.57 Å². The molecule has 0 bridgehead atoms. The van der Waals surface area contributed by atoms with Crippen LogP contribution >= 0.6 is 15.9 Å². The van der Waals surface area contributed by atoms with Crippen LogP contribution in [0.1, 0.15) is 0 Å². The summed E-state index contributed by atoms with van der Waals surface area (Å²) in [7, 11) is 0. The van der Waals surface area contributed by atoms with E-state index in [1.54, 1.807) is 0 Å². The molecule has 7 rings (SSSR count). The van der Waals surface area contributed by atoms with Crippen molar-refractivity contribution in [2.45, 2.75) is 0 Å². The maximum Gasteiger partial charge on any atom is 0.135 e. The second kappa shape index (κ2) is 7.09. The lowest BCUT2D eigenvalue weighted by molar-refractivity contribution is 0.669. The highest BCUT2D eigenvalue weighted by atomic mass is 79.9. The Hall–Kier alpha value is -3.82. The molecule has 0 spiro atoms. The molecule has 5 aromatic carbocycles. The minimum Gasteiger partial charge on any atom is -0.456 e.